The number of aromatic hydroxyl groups is 1. The van der Waals surface area contributed by atoms with E-state index in [9.17, 15) is 14.7 Å². The van der Waals surface area contributed by atoms with Crippen LogP contribution in [0.5, 0.6) is 5.88 Å². The lowest BCUT2D eigenvalue weighted by atomic mass is 9.97. The van der Waals surface area contributed by atoms with Crippen molar-refractivity contribution in [1.29, 1.82) is 0 Å². The minimum absolute atomic E-state index is 0.0345. The maximum absolute atomic E-state index is 12.4. The van der Waals surface area contributed by atoms with E-state index in [0.717, 1.165) is 12.8 Å². The van der Waals surface area contributed by atoms with E-state index in [-0.39, 0.29) is 28.2 Å². The summed E-state index contributed by atoms with van der Waals surface area (Å²) in [6, 6.07) is 6.74. The lowest BCUT2D eigenvalue weighted by molar-refractivity contribution is 0.0187. The van der Waals surface area contributed by atoms with E-state index >= 15 is 0 Å². The van der Waals surface area contributed by atoms with Gasteiger partial charge in [0, 0.05) is 18.1 Å². The Bertz CT molecular complexity index is 1100. The lowest BCUT2D eigenvalue weighted by Gasteiger charge is -2.33. The number of nitrogens with zero attached hydrogens (tertiary/aromatic N) is 2. The van der Waals surface area contributed by atoms with E-state index in [0.29, 0.717) is 23.8 Å². The highest BCUT2D eigenvalue weighted by Crippen LogP contribution is 2.24. The third kappa shape index (κ3) is 5.77. The van der Waals surface area contributed by atoms with E-state index in [4.69, 9.17) is 28.6 Å². The molecule has 0 radical (unpaired) electrons. The highest BCUT2D eigenvalue weighted by molar-refractivity contribution is 7.71. The Morgan fingerprint density at radius 3 is 2.65 bits per heavy atom. The molecule has 3 rings (SSSR count). The van der Waals surface area contributed by atoms with Crippen LogP contribution in [0.15, 0.2) is 35.1 Å². The molecule has 166 valence electrons. The number of carbonyl (C=O) groups is 1. The molecule has 0 bridgehead atoms. The van der Waals surface area contributed by atoms with Gasteiger partial charge in [0.1, 0.15) is 5.60 Å². The summed E-state index contributed by atoms with van der Waals surface area (Å²) in [6.07, 6.45) is 4.77. The van der Waals surface area contributed by atoms with E-state index < -0.39 is 11.2 Å². The van der Waals surface area contributed by atoms with Crippen LogP contribution in [0.2, 0.25) is 5.02 Å². The summed E-state index contributed by atoms with van der Waals surface area (Å²) in [6.45, 7) is 6.62. The summed E-state index contributed by atoms with van der Waals surface area (Å²) in [5.74, 6) is -0.223. The maximum atomic E-state index is 12.4. The fraction of sp³-hybridized carbons (Fsp3) is 0.409. The molecule has 7 nitrogen and oxygen atoms in total. The number of aromatic nitrogens is 2. The minimum Gasteiger partial charge on any atom is -0.494 e. The van der Waals surface area contributed by atoms with Crippen molar-refractivity contribution in [3.05, 3.63) is 56.1 Å². The lowest BCUT2D eigenvalue weighted by Crippen LogP contribution is -2.42. The molecular weight excluding hydrogens is 438 g/mol. The zero-order valence-electron chi connectivity index (χ0n) is 17.7. The number of likely N-dealkylation sites (tertiary alicyclic amines) is 1. The number of rotatable bonds is 3. The number of ether oxygens (including phenoxy) is 1. The molecule has 1 saturated heterocycles. The van der Waals surface area contributed by atoms with Crippen molar-refractivity contribution in [1.82, 2.24) is 14.5 Å². The average Bonchev–Trinajstić information content (AvgIpc) is 2.68. The Labute approximate surface area is 190 Å². The Hall–Kier alpha value is -2.58. The van der Waals surface area contributed by atoms with Crippen LogP contribution in [0.3, 0.4) is 0 Å². The van der Waals surface area contributed by atoms with Crippen LogP contribution >= 0.6 is 23.8 Å². The number of amides is 1. The van der Waals surface area contributed by atoms with Crippen molar-refractivity contribution in [2.24, 2.45) is 5.92 Å². The maximum Gasteiger partial charge on any atom is 0.410 e. The Morgan fingerprint density at radius 1 is 1.32 bits per heavy atom. The van der Waals surface area contributed by atoms with Crippen molar-refractivity contribution in [3.8, 4) is 11.6 Å². The summed E-state index contributed by atoms with van der Waals surface area (Å²) in [7, 11) is 0. The SMILES string of the molecule is CC(C)(C)OC(=O)N1CCCC(C=Cc2c(O)n(-c3ccc(Cl)cc3)c(=S)[nH]c2=O)C1. The number of nitrogens with one attached hydrogen (secondary N) is 1. The standard InChI is InChI=1S/C22H26ClN3O4S/c1-22(2,3)30-21(29)25-12-4-5-14(13-25)6-11-17-18(27)24-20(31)26(19(17)28)16-9-7-15(23)8-10-16/h6-11,14,28H,4-5,12-13H2,1-3H3,(H,24,27,31). The van der Waals surface area contributed by atoms with E-state index in [2.05, 4.69) is 4.98 Å². The van der Waals surface area contributed by atoms with Gasteiger partial charge in [-0.3, -0.25) is 14.3 Å². The number of carbonyl (C=O) groups excluding carboxylic acids is 1. The van der Waals surface area contributed by atoms with Crippen LogP contribution in [0.25, 0.3) is 11.8 Å². The van der Waals surface area contributed by atoms with Gasteiger partial charge in [0.25, 0.3) is 5.56 Å². The van der Waals surface area contributed by atoms with Gasteiger partial charge in [-0.2, -0.15) is 0 Å². The molecule has 1 unspecified atom stereocenters. The first-order valence-electron chi connectivity index (χ1n) is 10.1. The molecule has 2 heterocycles. The molecule has 31 heavy (non-hydrogen) atoms. The first-order valence-corrected chi connectivity index (χ1v) is 10.8. The number of halogens is 1. The van der Waals surface area contributed by atoms with Gasteiger partial charge in [-0.05, 0) is 82.1 Å². The van der Waals surface area contributed by atoms with Crippen molar-refractivity contribution in [3.63, 3.8) is 0 Å². The molecule has 1 aliphatic rings. The summed E-state index contributed by atoms with van der Waals surface area (Å²) >= 11 is 11.2. The topological polar surface area (TPSA) is 87.6 Å². The van der Waals surface area contributed by atoms with Crippen LogP contribution in [0, 0.1) is 10.7 Å². The van der Waals surface area contributed by atoms with E-state index in [1.165, 1.54) is 4.57 Å². The number of H-pyrrole nitrogens is 1. The van der Waals surface area contributed by atoms with Crippen LogP contribution in [0.1, 0.15) is 39.2 Å². The van der Waals surface area contributed by atoms with Crippen LogP contribution in [-0.4, -0.2) is 44.3 Å². The number of hydrogen-bond donors (Lipinski definition) is 2. The third-order valence-electron chi connectivity index (χ3n) is 4.85. The minimum atomic E-state index is -0.555. The summed E-state index contributed by atoms with van der Waals surface area (Å²) in [5, 5.41) is 11.3. The Kier molecular flexibility index (Phi) is 6.91. The molecule has 2 aromatic rings. The van der Waals surface area contributed by atoms with Gasteiger partial charge in [0.05, 0.1) is 11.3 Å². The molecule has 1 aromatic carbocycles. The molecule has 0 aliphatic carbocycles. The van der Waals surface area contributed by atoms with Gasteiger partial charge in [-0.15, -0.1) is 0 Å². The smallest absolute Gasteiger partial charge is 0.410 e. The summed E-state index contributed by atoms with van der Waals surface area (Å²) in [4.78, 5) is 29.1. The molecule has 9 heteroatoms. The molecule has 1 aromatic heterocycles. The quantitative estimate of drug-likeness (QED) is 0.631. The second kappa shape index (κ2) is 9.28. The monoisotopic (exact) mass is 463 g/mol. The highest BCUT2D eigenvalue weighted by Gasteiger charge is 2.26. The zero-order chi connectivity index (χ0) is 22.8. The van der Waals surface area contributed by atoms with Crippen molar-refractivity contribution in [2.45, 2.75) is 39.2 Å². The molecule has 0 spiro atoms. The predicted octanol–water partition coefficient (Wildman–Crippen LogP) is 4.91. The molecule has 1 atom stereocenters. The van der Waals surface area contributed by atoms with Crippen LogP contribution in [0.4, 0.5) is 4.79 Å². The summed E-state index contributed by atoms with van der Waals surface area (Å²) < 4.78 is 6.91. The van der Waals surface area contributed by atoms with Gasteiger partial charge >= 0.3 is 6.09 Å². The van der Waals surface area contributed by atoms with Crippen molar-refractivity contribution < 1.29 is 14.6 Å². The fourth-order valence-corrected chi connectivity index (χ4v) is 3.82. The van der Waals surface area contributed by atoms with Gasteiger partial charge in [0.2, 0.25) is 5.88 Å². The Balaban J connectivity index is 1.84. The second-order valence-corrected chi connectivity index (χ2v) is 9.32. The first-order chi connectivity index (χ1) is 14.5. The third-order valence-corrected chi connectivity index (χ3v) is 5.39. The number of aromatic amines is 1. The van der Waals surface area contributed by atoms with Gasteiger partial charge in [0.15, 0.2) is 4.77 Å². The molecule has 1 amide bonds. The van der Waals surface area contributed by atoms with Crippen LogP contribution < -0.4 is 5.56 Å². The van der Waals surface area contributed by atoms with Gasteiger partial charge < -0.3 is 14.7 Å². The second-order valence-electron chi connectivity index (χ2n) is 8.50. The molecule has 1 fully saturated rings. The predicted molar refractivity (Wildman–Crippen MR) is 123 cm³/mol. The van der Waals surface area contributed by atoms with E-state index in [1.807, 2.05) is 26.8 Å². The van der Waals surface area contributed by atoms with Gasteiger partial charge in [-0.1, -0.05) is 17.7 Å². The molecule has 2 N–H and O–H groups in total. The van der Waals surface area contributed by atoms with E-state index in [1.54, 1.807) is 35.2 Å². The number of hydrogen-bond acceptors (Lipinski definition) is 5. The first kappa shape index (κ1) is 23.1. The van der Waals surface area contributed by atoms with Crippen LogP contribution in [-0.2, 0) is 4.74 Å². The normalized spacial score (nSPS) is 17.2. The summed E-state index contributed by atoms with van der Waals surface area (Å²) in [5.41, 5.74) is -0.367. The van der Waals surface area contributed by atoms with Crippen molar-refractivity contribution >= 4 is 36.0 Å². The molecule has 0 saturated carbocycles. The highest BCUT2D eigenvalue weighted by atomic mass is 35.5. The number of benzene rings is 1. The van der Waals surface area contributed by atoms with Crippen molar-refractivity contribution in [2.75, 3.05) is 13.1 Å². The molecular formula is C22H26ClN3O4S. The Morgan fingerprint density at radius 2 is 2.00 bits per heavy atom. The number of piperidine rings is 1. The molecule has 1 aliphatic heterocycles. The largest absolute Gasteiger partial charge is 0.494 e. The fourth-order valence-electron chi connectivity index (χ4n) is 3.41. The zero-order valence-corrected chi connectivity index (χ0v) is 19.3. The average molecular weight is 464 g/mol. The van der Waals surface area contributed by atoms with Gasteiger partial charge in [-0.25, -0.2) is 4.79 Å².